The molecule has 1 aromatic heterocycles. The Hall–Kier alpha value is -2.60. The molecular formula is C15H16N2O4. The van der Waals surface area contributed by atoms with E-state index in [0.29, 0.717) is 11.3 Å². The van der Waals surface area contributed by atoms with E-state index in [4.69, 9.17) is 4.42 Å². The smallest absolute Gasteiger partial charge is 0.251 e. The third kappa shape index (κ3) is 4.19. The maximum absolute atomic E-state index is 11.9. The number of nitrogens with one attached hydrogen (secondary N) is 1. The highest BCUT2D eigenvalue weighted by atomic mass is 16.6. The number of amides is 1. The molecule has 0 radical (unpaired) electrons. The topological polar surface area (TPSA) is 84.1 Å². The molecule has 0 fully saturated rings. The molecule has 6 heteroatoms. The first kappa shape index (κ1) is 14.8. The molecule has 1 amide bonds. The van der Waals surface area contributed by atoms with Crippen molar-refractivity contribution in [2.45, 2.75) is 6.10 Å². The Morgan fingerprint density at radius 1 is 1.43 bits per heavy atom. The molecule has 2 rings (SSSR count). The van der Waals surface area contributed by atoms with Crippen molar-refractivity contribution >= 4 is 12.1 Å². The summed E-state index contributed by atoms with van der Waals surface area (Å²) in [6.07, 6.45) is 2.15. The molecule has 2 aromatic rings. The van der Waals surface area contributed by atoms with Gasteiger partial charge in [0.15, 0.2) is 0 Å². The van der Waals surface area contributed by atoms with Gasteiger partial charge in [-0.1, -0.05) is 17.3 Å². The standard InChI is InChI=1S/C15H16N2O4/c1-20-17-9-11-4-6-12(7-5-11)15(19)16-10-13(18)14-3-2-8-21-14/h2-9,13,18H,10H2,1H3,(H,16,19)/b17-9+. The van der Waals surface area contributed by atoms with Crippen LogP contribution in [0, 0.1) is 0 Å². The molecule has 1 atom stereocenters. The Balaban J connectivity index is 1.89. The molecule has 1 unspecified atom stereocenters. The van der Waals surface area contributed by atoms with Crippen LogP contribution in [-0.2, 0) is 4.84 Å². The zero-order chi connectivity index (χ0) is 15.1. The Morgan fingerprint density at radius 2 is 2.19 bits per heavy atom. The molecule has 0 bridgehead atoms. The van der Waals surface area contributed by atoms with Gasteiger partial charge in [0, 0.05) is 5.56 Å². The van der Waals surface area contributed by atoms with Crippen LogP contribution in [0.4, 0.5) is 0 Å². The molecule has 0 aliphatic carbocycles. The molecule has 0 spiro atoms. The van der Waals surface area contributed by atoms with E-state index >= 15 is 0 Å². The highest BCUT2D eigenvalue weighted by Crippen LogP contribution is 2.12. The number of aliphatic hydroxyl groups excluding tert-OH is 1. The van der Waals surface area contributed by atoms with E-state index in [1.807, 2.05) is 0 Å². The van der Waals surface area contributed by atoms with Crippen molar-refractivity contribution in [1.82, 2.24) is 5.32 Å². The number of nitrogens with zero attached hydrogens (tertiary/aromatic N) is 1. The Labute approximate surface area is 122 Å². The van der Waals surface area contributed by atoms with E-state index in [9.17, 15) is 9.90 Å². The minimum atomic E-state index is -0.864. The summed E-state index contributed by atoms with van der Waals surface area (Å²) in [7, 11) is 1.46. The monoisotopic (exact) mass is 288 g/mol. The summed E-state index contributed by atoms with van der Waals surface area (Å²) >= 11 is 0. The largest absolute Gasteiger partial charge is 0.467 e. The number of carbonyl (C=O) groups excluding carboxylic acids is 1. The van der Waals surface area contributed by atoms with E-state index < -0.39 is 6.10 Å². The summed E-state index contributed by atoms with van der Waals surface area (Å²) in [6, 6.07) is 10.2. The highest BCUT2D eigenvalue weighted by Gasteiger charge is 2.12. The molecule has 0 saturated heterocycles. The molecular weight excluding hydrogens is 272 g/mol. The number of aliphatic hydroxyl groups is 1. The molecule has 6 nitrogen and oxygen atoms in total. The molecule has 1 heterocycles. The first-order valence-corrected chi connectivity index (χ1v) is 6.37. The molecule has 0 aliphatic rings. The number of rotatable bonds is 6. The molecule has 0 aliphatic heterocycles. The third-order valence-electron chi connectivity index (χ3n) is 2.81. The van der Waals surface area contributed by atoms with Gasteiger partial charge >= 0.3 is 0 Å². The number of carbonyl (C=O) groups is 1. The lowest BCUT2D eigenvalue weighted by Gasteiger charge is -2.09. The number of hydrogen-bond donors (Lipinski definition) is 2. The van der Waals surface area contributed by atoms with Gasteiger partial charge in [0.2, 0.25) is 0 Å². The van der Waals surface area contributed by atoms with Gasteiger partial charge in [0.1, 0.15) is 19.0 Å². The first-order chi connectivity index (χ1) is 10.2. The van der Waals surface area contributed by atoms with Crippen LogP contribution in [0.15, 0.2) is 52.2 Å². The number of hydrogen-bond acceptors (Lipinski definition) is 5. The Kier molecular flexibility index (Phi) is 5.11. The van der Waals surface area contributed by atoms with E-state index in [1.54, 1.807) is 42.6 Å². The van der Waals surface area contributed by atoms with Crippen LogP contribution in [0.2, 0.25) is 0 Å². The van der Waals surface area contributed by atoms with Gasteiger partial charge in [-0.25, -0.2) is 0 Å². The van der Waals surface area contributed by atoms with Crippen molar-refractivity contribution in [1.29, 1.82) is 0 Å². The van der Waals surface area contributed by atoms with E-state index in [0.717, 1.165) is 5.56 Å². The fourth-order valence-corrected chi connectivity index (χ4v) is 1.71. The molecule has 1 aromatic carbocycles. The summed E-state index contributed by atoms with van der Waals surface area (Å²) in [4.78, 5) is 16.5. The van der Waals surface area contributed by atoms with Crippen LogP contribution in [0.1, 0.15) is 27.8 Å². The third-order valence-corrected chi connectivity index (χ3v) is 2.81. The normalized spacial score (nSPS) is 12.3. The minimum absolute atomic E-state index is 0.0826. The van der Waals surface area contributed by atoms with Crippen molar-refractivity contribution < 1.29 is 19.2 Å². The average Bonchev–Trinajstić information content (AvgIpc) is 3.05. The van der Waals surface area contributed by atoms with Crippen molar-refractivity contribution in [3.63, 3.8) is 0 Å². The second kappa shape index (κ2) is 7.25. The maximum Gasteiger partial charge on any atom is 0.251 e. The van der Waals surface area contributed by atoms with Crippen LogP contribution < -0.4 is 5.32 Å². The van der Waals surface area contributed by atoms with Crippen molar-refractivity contribution in [3.05, 3.63) is 59.5 Å². The summed E-state index contributed by atoms with van der Waals surface area (Å²) in [6.45, 7) is 0.0826. The molecule has 110 valence electrons. The lowest BCUT2D eigenvalue weighted by Crippen LogP contribution is -2.28. The number of oxime groups is 1. The fraction of sp³-hybridized carbons (Fsp3) is 0.200. The van der Waals surface area contributed by atoms with E-state index in [1.165, 1.54) is 13.4 Å². The van der Waals surface area contributed by atoms with Gasteiger partial charge in [0.05, 0.1) is 19.0 Å². The lowest BCUT2D eigenvalue weighted by atomic mass is 10.1. The van der Waals surface area contributed by atoms with Gasteiger partial charge in [-0.2, -0.15) is 0 Å². The van der Waals surface area contributed by atoms with Crippen molar-refractivity contribution in [2.75, 3.05) is 13.7 Å². The number of benzene rings is 1. The zero-order valence-electron chi connectivity index (χ0n) is 11.5. The molecule has 0 saturated carbocycles. The SMILES string of the molecule is CO/N=C/c1ccc(C(=O)NCC(O)c2ccco2)cc1. The Bertz CT molecular complexity index is 591. The zero-order valence-corrected chi connectivity index (χ0v) is 11.5. The lowest BCUT2D eigenvalue weighted by molar-refractivity contribution is 0.0901. The van der Waals surface area contributed by atoms with E-state index in [-0.39, 0.29) is 12.5 Å². The first-order valence-electron chi connectivity index (χ1n) is 6.37. The van der Waals surface area contributed by atoms with Gasteiger partial charge in [-0.05, 0) is 29.8 Å². The van der Waals surface area contributed by atoms with Crippen LogP contribution in [0.5, 0.6) is 0 Å². The molecule has 2 N–H and O–H groups in total. The van der Waals surface area contributed by atoms with Crippen LogP contribution in [0.25, 0.3) is 0 Å². The second-order valence-corrected chi connectivity index (χ2v) is 4.28. The quantitative estimate of drug-likeness (QED) is 0.626. The second-order valence-electron chi connectivity index (χ2n) is 4.28. The van der Waals surface area contributed by atoms with Crippen LogP contribution >= 0.6 is 0 Å². The predicted molar refractivity (Wildman–Crippen MR) is 77.0 cm³/mol. The fourth-order valence-electron chi connectivity index (χ4n) is 1.71. The van der Waals surface area contributed by atoms with Gasteiger partial charge in [0.25, 0.3) is 5.91 Å². The van der Waals surface area contributed by atoms with Crippen LogP contribution in [0.3, 0.4) is 0 Å². The van der Waals surface area contributed by atoms with Crippen molar-refractivity contribution in [3.8, 4) is 0 Å². The summed E-state index contributed by atoms with van der Waals surface area (Å²) in [5.74, 6) is 0.150. The predicted octanol–water partition coefficient (Wildman–Crippen LogP) is 1.72. The van der Waals surface area contributed by atoms with Gasteiger partial charge < -0.3 is 19.7 Å². The molecule has 21 heavy (non-hydrogen) atoms. The number of furan rings is 1. The van der Waals surface area contributed by atoms with Crippen LogP contribution in [-0.4, -0.2) is 30.9 Å². The van der Waals surface area contributed by atoms with Crippen molar-refractivity contribution in [2.24, 2.45) is 5.16 Å². The minimum Gasteiger partial charge on any atom is -0.467 e. The Morgan fingerprint density at radius 3 is 2.81 bits per heavy atom. The van der Waals surface area contributed by atoms with Gasteiger partial charge in [-0.3, -0.25) is 4.79 Å². The summed E-state index contributed by atoms with van der Waals surface area (Å²) in [5.41, 5.74) is 1.32. The summed E-state index contributed by atoms with van der Waals surface area (Å²) < 4.78 is 5.06. The van der Waals surface area contributed by atoms with E-state index in [2.05, 4.69) is 15.3 Å². The maximum atomic E-state index is 11.9. The van der Waals surface area contributed by atoms with Gasteiger partial charge in [-0.15, -0.1) is 0 Å². The summed E-state index contributed by atoms with van der Waals surface area (Å²) in [5, 5.41) is 16.1. The average molecular weight is 288 g/mol. The highest BCUT2D eigenvalue weighted by molar-refractivity contribution is 5.95.